The number of benzene rings is 1. The van der Waals surface area contributed by atoms with E-state index < -0.39 is 35.6 Å². The van der Waals surface area contributed by atoms with Crippen molar-refractivity contribution in [1.82, 2.24) is 0 Å². The smallest absolute Gasteiger partial charge is 0.331 e. The number of halogens is 3. The highest BCUT2D eigenvalue weighted by Crippen LogP contribution is 2.15. The molecule has 0 saturated heterocycles. The van der Waals surface area contributed by atoms with Crippen LogP contribution in [-0.4, -0.2) is 18.4 Å². The Labute approximate surface area is 132 Å². The van der Waals surface area contributed by atoms with E-state index in [1.165, 1.54) is 6.08 Å². The van der Waals surface area contributed by atoms with E-state index >= 15 is 0 Å². The summed E-state index contributed by atoms with van der Waals surface area (Å²) in [5.41, 5.74) is -0.466. The third-order valence-corrected chi connectivity index (χ3v) is 2.98. The summed E-state index contributed by atoms with van der Waals surface area (Å²) >= 11 is 3.10. The van der Waals surface area contributed by atoms with Gasteiger partial charge in [-0.05, 0) is 52.3 Å². The third kappa shape index (κ3) is 4.36. The van der Waals surface area contributed by atoms with E-state index in [-0.39, 0.29) is 0 Å². The molecule has 4 nitrogen and oxygen atoms in total. The van der Waals surface area contributed by atoms with Crippen molar-refractivity contribution in [3.63, 3.8) is 0 Å². The minimum absolute atomic E-state index is 0.409. The molecule has 0 bridgehead atoms. The van der Waals surface area contributed by atoms with Gasteiger partial charge in [0.1, 0.15) is 17.4 Å². The van der Waals surface area contributed by atoms with Crippen molar-refractivity contribution < 1.29 is 27.5 Å². The molecule has 0 aliphatic rings. The average molecular weight is 371 g/mol. The average Bonchev–Trinajstić information content (AvgIpc) is 2.90. The summed E-state index contributed by atoms with van der Waals surface area (Å²) in [5.74, 6) is -2.86. The summed E-state index contributed by atoms with van der Waals surface area (Å²) in [6.07, 6.45) is 2.40. The van der Waals surface area contributed by atoms with Crippen LogP contribution >= 0.6 is 15.9 Å². The molecule has 0 atom stereocenters. The molecular formula is C15H9BrF2O4. The Morgan fingerprint density at radius 3 is 2.68 bits per heavy atom. The number of carbonyl (C=O) groups is 2. The Hall–Kier alpha value is -2.28. The van der Waals surface area contributed by atoms with E-state index in [4.69, 9.17) is 4.42 Å². The molecule has 114 valence electrons. The van der Waals surface area contributed by atoms with E-state index in [2.05, 4.69) is 20.7 Å². The monoisotopic (exact) mass is 370 g/mol. The lowest BCUT2D eigenvalue weighted by atomic mass is 10.1. The molecule has 2 aromatic rings. The Morgan fingerprint density at radius 1 is 1.23 bits per heavy atom. The molecule has 1 heterocycles. The fourth-order valence-corrected chi connectivity index (χ4v) is 1.86. The van der Waals surface area contributed by atoms with Crippen molar-refractivity contribution in [2.75, 3.05) is 6.61 Å². The second kappa shape index (κ2) is 7.13. The maximum Gasteiger partial charge on any atom is 0.331 e. The van der Waals surface area contributed by atoms with Gasteiger partial charge < -0.3 is 9.15 Å². The molecule has 1 aromatic heterocycles. The number of hydrogen-bond donors (Lipinski definition) is 0. The zero-order valence-electron chi connectivity index (χ0n) is 11.0. The number of furan rings is 1. The van der Waals surface area contributed by atoms with Gasteiger partial charge in [-0.15, -0.1) is 0 Å². The van der Waals surface area contributed by atoms with Gasteiger partial charge in [0.15, 0.2) is 11.3 Å². The zero-order valence-corrected chi connectivity index (χ0v) is 12.6. The number of ether oxygens (including phenoxy) is 1. The van der Waals surface area contributed by atoms with Crippen LogP contribution in [0.25, 0.3) is 6.08 Å². The van der Waals surface area contributed by atoms with Crippen LogP contribution in [0.3, 0.4) is 0 Å². The highest BCUT2D eigenvalue weighted by atomic mass is 79.9. The maximum absolute atomic E-state index is 13.4. The molecule has 0 amide bonds. The van der Waals surface area contributed by atoms with Crippen molar-refractivity contribution in [3.05, 3.63) is 64.0 Å². The number of hydrogen-bond acceptors (Lipinski definition) is 4. The molecular weight excluding hydrogens is 362 g/mol. The van der Waals surface area contributed by atoms with Crippen LogP contribution in [0, 0.1) is 11.6 Å². The standard InChI is InChI=1S/C15H9BrF2O4/c16-14-5-2-10(22-14)3-6-15(20)21-8-13(19)11-7-9(17)1-4-12(11)18/h1-7H,8H2/b6-3+. The topological polar surface area (TPSA) is 56.5 Å². The molecule has 0 aliphatic carbocycles. The van der Waals surface area contributed by atoms with Gasteiger partial charge in [-0.2, -0.15) is 0 Å². The first-order valence-corrected chi connectivity index (χ1v) is 6.83. The summed E-state index contributed by atoms with van der Waals surface area (Å²) in [6, 6.07) is 5.73. The van der Waals surface area contributed by atoms with Crippen LogP contribution in [0.1, 0.15) is 16.1 Å². The highest BCUT2D eigenvalue weighted by Gasteiger charge is 2.14. The van der Waals surface area contributed by atoms with Crippen molar-refractivity contribution in [2.45, 2.75) is 0 Å². The molecule has 0 N–H and O–H groups in total. The number of ketones is 1. The number of esters is 1. The number of carbonyl (C=O) groups excluding carboxylic acids is 2. The molecule has 1 aromatic carbocycles. The van der Waals surface area contributed by atoms with E-state index in [0.29, 0.717) is 10.4 Å². The molecule has 0 unspecified atom stereocenters. The van der Waals surface area contributed by atoms with Gasteiger partial charge in [-0.1, -0.05) is 0 Å². The largest absolute Gasteiger partial charge is 0.454 e. The Morgan fingerprint density at radius 2 is 2.00 bits per heavy atom. The van der Waals surface area contributed by atoms with Gasteiger partial charge in [-0.25, -0.2) is 13.6 Å². The Kier molecular flexibility index (Phi) is 5.21. The lowest BCUT2D eigenvalue weighted by molar-refractivity contribution is -0.136. The minimum Gasteiger partial charge on any atom is -0.454 e. The van der Waals surface area contributed by atoms with Crippen LogP contribution in [0.5, 0.6) is 0 Å². The second-order valence-corrected chi connectivity index (χ2v) is 4.91. The lowest BCUT2D eigenvalue weighted by Crippen LogP contribution is -2.14. The molecule has 0 fully saturated rings. The predicted octanol–water partition coefficient (Wildman–Crippen LogP) is 3.76. The lowest BCUT2D eigenvalue weighted by Gasteiger charge is -2.03. The zero-order chi connectivity index (χ0) is 16.1. The van der Waals surface area contributed by atoms with Crippen molar-refractivity contribution in [2.24, 2.45) is 0 Å². The van der Waals surface area contributed by atoms with Gasteiger partial charge in [0.2, 0.25) is 5.78 Å². The van der Waals surface area contributed by atoms with Crippen molar-refractivity contribution in [3.8, 4) is 0 Å². The fourth-order valence-electron chi connectivity index (χ4n) is 1.54. The van der Waals surface area contributed by atoms with Crippen LogP contribution in [0.4, 0.5) is 8.78 Å². The Bertz CT molecular complexity index is 737. The molecule has 2 rings (SSSR count). The van der Waals surface area contributed by atoms with Gasteiger partial charge >= 0.3 is 5.97 Å². The van der Waals surface area contributed by atoms with Gasteiger partial charge in [0.25, 0.3) is 0 Å². The molecule has 0 radical (unpaired) electrons. The summed E-state index contributed by atoms with van der Waals surface area (Å²) < 4.78 is 36.6. The summed E-state index contributed by atoms with van der Waals surface area (Å²) in [5, 5.41) is 0. The molecule has 0 aliphatic heterocycles. The molecule has 0 saturated carbocycles. The quantitative estimate of drug-likeness (QED) is 0.456. The maximum atomic E-state index is 13.4. The molecule has 7 heteroatoms. The summed E-state index contributed by atoms with van der Waals surface area (Å²) in [4.78, 5) is 23.1. The summed E-state index contributed by atoms with van der Waals surface area (Å²) in [6.45, 7) is -0.689. The van der Waals surface area contributed by atoms with Crippen LogP contribution < -0.4 is 0 Å². The van der Waals surface area contributed by atoms with Crippen LogP contribution in [-0.2, 0) is 9.53 Å². The first-order chi connectivity index (χ1) is 10.5. The van der Waals surface area contributed by atoms with Crippen LogP contribution in [0.15, 0.2) is 45.5 Å². The molecule has 22 heavy (non-hydrogen) atoms. The first kappa shape index (κ1) is 16.1. The third-order valence-electron chi connectivity index (χ3n) is 2.55. The SMILES string of the molecule is O=C(/C=C/c1ccc(Br)o1)OCC(=O)c1cc(F)ccc1F. The second-order valence-electron chi connectivity index (χ2n) is 4.13. The van der Waals surface area contributed by atoms with E-state index in [1.807, 2.05) is 0 Å². The highest BCUT2D eigenvalue weighted by molar-refractivity contribution is 9.10. The van der Waals surface area contributed by atoms with Gasteiger partial charge in [0, 0.05) is 6.08 Å². The molecule has 0 spiro atoms. The normalized spacial score (nSPS) is 10.9. The van der Waals surface area contributed by atoms with E-state index in [1.54, 1.807) is 12.1 Å². The minimum atomic E-state index is -0.876. The number of rotatable bonds is 5. The van der Waals surface area contributed by atoms with Crippen LogP contribution in [0.2, 0.25) is 0 Å². The van der Waals surface area contributed by atoms with E-state index in [0.717, 1.165) is 24.3 Å². The van der Waals surface area contributed by atoms with Gasteiger partial charge in [-0.3, -0.25) is 4.79 Å². The van der Waals surface area contributed by atoms with Crippen molar-refractivity contribution in [1.29, 1.82) is 0 Å². The fraction of sp³-hybridized carbons (Fsp3) is 0.0667. The van der Waals surface area contributed by atoms with E-state index in [9.17, 15) is 18.4 Å². The predicted molar refractivity (Wildman–Crippen MR) is 77.1 cm³/mol. The first-order valence-electron chi connectivity index (χ1n) is 6.04. The van der Waals surface area contributed by atoms with Gasteiger partial charge in [0.05, 0.1) is 5.56 Å². The van der Waals surface area contributed by atoms with Crippen molar-refractivity contribution >= 4 is 33.8 Å². The Balaban J connectivity index is 1.92. The number of Topliss-reactive ketones (excluding diaryl/α,β-unsaturated/α-hetero) is 1. The summed E-state index contributed by atoms with van der Waals surface area (Å²) in [7, 11) is 0.